The van der Waals surface area contributed by atoms with Crippen molar-refractivity contribution in [2.45, 2.75) is 19.9 Å². The fourth-order valence-electron chi connectivity index (χ4n) is 4.41. The predicted molar refractivity (Wildman–Crippen MR) is 138 cm³/mol. The van der Waals surface area contributed by atoms with Gasteiger partial charge in [-0.15, -0.1) is 22.7 Å². The van der Waals surface area contributed by atoms with E-state index in [-0.39, 0.29) is 5.56 Å². The van der Waals surface area contributed by atoms with E-state index in [2.05, 4.69) is 23.2 Å². The van der Waals surface area contributed by atoms with Gasteiger partial charge in [-0.05, 0) is 42.8 Å². The maximum atomic E-state index is 13.3. The van der Waals surface area contributed by atoms with E-state index >= 15 is 0 Å². The van der Waals surface area contributed by atoms with E-state index < -0.39 is 11.5 Å². The van der Waals surface area contributed by atoms with Crippen LogP contribution in [0.3, 0.4) is 0 Å². The van der Waals surface area contributed by atoms with Gasteiger partial charge in [-0.2, -0.15) is 0 Å². The highest BCUT2D eigenvalue weighted by Gasteiger charge is 2.28. The third-order valence-electron chi connectivity index (χ3n) is 6.20. The number of thiazole rings is 1. The SMILES string of the molecule is CCN1CCc2c(sc(NC(=O)c3cc4ccccc4oc3=O)c2-c2nc3ccccc3s2)C1. The molecule has 5 aromatic rings. The molecule has 8 heteroatoms. The molecule has 0 radical (unpaired) electrons. The maximum Gasteiger partial charge on any atom is 0.349 e. The number of likely N-dealkylation sites (N-methyl/N-ethyl adjacent to an activating group) is 1. The first-order chi connectivity index (χ1) is 16.6. The summed E-state index contributed by atoms with van der Waals surface area (Å²) < 4.78 is 6.49. The minimum Gasteiger partial charge on any atom is -0.422 e. The van der Waals surface area contributed by atoms with Crippen molar-refractivity contribution in [3.63, 3.8) is 0 Å². The average Bonchev–Trinajstić information content (AvgIpc) is 3.43. The minimum absolute atomic E-state index is 0.00416. The van der Waals surface area contributed by atoms with Gasteiger partial charge < -0.3 is 9.73 Å². The minimum atomic E-state index is -0.642. The number of fused-ring (bicyclic) bond motifs is 3. The number of amides is 1. The lowest BCUT2D eigenvalue weighted by Crippen LogP contribution is -2.29. The number of aromatic nitrogens is 1. The van der Waals surface area contributed by atoms with Crippen molar-refractivity contribution in [3.05, 3.63) is 81.0 Å². The number of thiophene rings is 1. The van der Waals surface area contributed by atoms with Crippen LogP contribution in [0.25, 0.3) is 31.8 Å². The molecule has 6 nitrogen and oxygen atoms in total. The quantitative estimate of drug-likeness (QED) is 0.326. The Bertz CT molecular complexity index is 1580. The first-order valence-electron chi connectivity index (χ1n) is 11.2. The number of carbonyl (C=O) groups is 1. The lowest BCUT2D eigenvalue weighted by atomic mass is 10.0. The number of hydrogen-bond donors (Lipinski definition) is 1. The van der Waals surface area contributed by atoms with Crippen LogP contribution >= 0.6 is 22.7 Å². The molecule has 0 saturated heterocycles. The molecule has 170 valence electrons. The largest absolute Gasteiger partial charge is 0.422 e. The summed E-state index contributed by atoms with van der Waals surface area (Å²) in [4.78, 5) is 34.4. The van der Waals surface area contributed by atoms with Crippen molar-refractivity contribution >= 4 is 54.8 Å². The molecule has 1 aliphatic heterocycles. The lowest BCUT2D eigenvalue weighted by Gasteiger charge is -2.25. The highest BCUT2D eigenvalue weighted by atomic mass is 32.1. The van der Waals surface area contributed by atoms with Crippen LogP contribution in [0.2, 0.25) is 0 Å². The van der Waals surface area contributed by atoms with Crippen LogP contribution in [0.15, 0.2) is 63.8 Å². The molecular formula is C26H21N3O3S2. The lowest BCUT2D eigenvalue weighted by molar-refractivity contribution is 0.102. The van der Waals surface area contributed by atoms with Crippen molar-refractivity contribution in [2.75, 3.05) is 18.4 Å². The van der Waals surface area contributed by atoms with Gasteiger partial charge in [-0.3, -0.25) is 9.69 Å². The Labute approximate surface area is 203 Å². The van der Waals surface area contributed by atoms with E-state index in [1.54, 1.807) is 40.9 Å². The van der Waals surface area contributed by atoms with Gasteiger partial charge in [0.1, 0.15) is 21.2 Å². The van der Waals surface area contributed by atoms with Gasteiger partial charge in [0.05, 0.1) is 10.2 Å². The summed E-state index contributed by atoms with van der Waals surface area (Å²) in [5, 5.41) is 5.37. The molecule has 1 amide bonds. The molecule has 0 spiro atoms. The average molecular weight is 488 g/mol. The second-order valence-electron chi connectivity index (χ2n) is 8.25. The Morgan fingerprint density at radius 1 is 1.15 bits per heavy atom. The second kappa shape index (κ2) is 8.47. The van der Waals surface area contributed by atoms with Crippen molar-refractivity contribution in [1.29, 1.82) is 0 Å². The summed E-state index contributed by atoms with van der Waals surface area (Å²) in [6, 6.07) is 16.8. The Balaban J connectivity index is 1.44. The number of anilines is 1. The van der Waals surface area contributed by atoms with Crippen LogP contribution in [0.5, 0.6) is 0 Å². The highest BCUT2D eigenvalue weighted by molar-refractivity contribution is 7.23. The van der Waals surface area contributed by atoms with Crippen LogP contribution in [0.1, 0.15) is 27.7 Å². The molecule has 0 fully saturated rings. The van der Waals surface area contributed by atoms with E-state index in [1.165, 1.54) is 10.4 Å². The molecule has 0 saturated carbocycles. The normalized spacial score (nSPS) is 13.9. The van der Waals surface area contributed by atoms with E-state index in [4.69, 9.17) is 9.40 Å². The third kappa shape index (κ3) is 3.64. The molecule has 34 heavy (non-hydrogen) atoms. The van der Waals surface area contributed by atoms with E-state index in [0.717, 1.165) is 51.8 Å². The number of carbonyl (C=O) groups excluding carboxylic acids is 1. The van der Waals surface area contributed by atoms with Crippen molar-refractivity contribution in [1.82, 2.24) is 9.88 Å². The van der Waals surface area contributed by atoms with Gasteiger partial charge >= 0.3 is 5.63 Å². The van der Waals surface area contributed by atoms with Crippen LogP contribution < -0.4 is 10.9 Å². The van der Waals surface area contributed by atoms with E-state index in [9.17, 15) is 9.59 Å². The van der Waals surface area contributed by atoms with Gasteiger partial charge in [0, 0.05) is 28.9 Å². The topological polar surface area (TPSA) is 75.4 Å². The van der Waals surface area contributed by atoms with Crippen molar-refractivity contribution in [3.8, 4) is 10.6 Å². The standard InChI is InChI=1S/C26H21N3O3S2/c1-2-29-12-11-16-21(14-29)34-25(22(16)24-27-18-8-4-6-10-20(18)33-24)28-23(30)17-13-15-7-3-5-9-19(15)32-26(17)31/h3-10,13H,2,11-12,14H2,1H3,(H,28,30). The van der Waals surface area contributed by atoms with Gasteiger partial charge in [-0.25, -0.2) is 9.78 Å². The zero-order valence-corrected chi connectivity index (χ0v) is 20.1. The van der Waals surface area contributed by atoms with Gasteiger partial charge in [0.2, 0.25) is 0 Å². The Morgan fingerprint density at radius 2 is 1.97 bits per heavy atom. The first-order valence-corrected chi connectivity index (χ1v) is 12.8. The molecule has 0 atom stereocenters. The molecule has 1 aliphatic rings. The fourth-order valence-corrected chi connectivity index (χ4v) is 6.81. The van der Waals surface area contributed by atoms with Crippen LogP contribution in [0, 0.1) is 0 Å². The number of benzene rings is 2. The summed E-state index contributed by atoms with van der Waals surface area (Å²) in [6.45, 7) is 4.96. The van der Waals surface area contributed by atoms with Crippen LogP contribution in [0.4, 0.5) is 5.00 Å². The van der Waals surface area contributed by atoms with E-state index in [0.29, 0.717) is 11.0 Å². The number of nitrogens with zero attached hydrogens (tertiary/aromatic N) is 2. The molecule has 3 aromatic heterocycles. The Hall–Kier alpha value is -3.33. The molecular weight excluding hydrogens is 466 g/mol. The smallest absolute Gasteiger partial charge is 0.349 e. The summed E-state index contributed by atoms with van der Waals surface area (Å²) in [7, 11) is 0. The van der Waals surface area contributed by atoms with Crippen molar-refractivity contribution < 1.29 is 9.21 Å². The van der Waals surface area contributed by atoms with Gasteiger partial charge in [0.25, 0.3) is 5.91 Å². The van der Waals surface area contributed by atoms with E-state index in [1.807, 2.05) is 30.3 Å². The molecule has 0 unspecified atom stereocenters. The number of rotatable bonds is 4. The molecule has 0 bridgehead atoms. The van der Waals surface area contributed by atoms with Crippen LogP contribution in [-0.4, -0.2) is 28.9 Å². The zero-order valence-electron chi connectivity index (χ0n) is 18.5. The highest BCUT2D eigenvalue weighted by Crippen LogP contribution is 2.45. The Morgan fingerprint density at radius 3 is 2.82 bits per heavy atom. The second-order valence-corrected chi connectivity index (χ2v) is 10.4. The molecule has 2 aromatic carbocycles. The summed E-state index contributed by atoms with van der Waals surface area (Å²) in [5.41, 5.74) is 2.99. The zero-order chi connectivity index (χ0) is 23.2. The Kier molecular flexibility index (Phi) is 5.28. The predicted octanol–water partition coefficient (Wildman–Crippen LogP) is 5.76. The van der Waals surface area contributed by atoms with Crippen LogP contribution in [-0.2, 0) is 13.0 Å². The van der Waals surface area contributed by atoms with Gasteiger partial charge in [0.15, 0.2) is 0 Å². The molecule has 1 N–H and O–H groups in total. The summed E-state index contributed by atoms with van der Waals surface area (Å²) in [6.07, 6.45) is 0.902. The summed E-state index contributed by atoms with van der Waals surface area (Å²) in [5.74, 6) is -0.465. The third-order valence-corrected chi connectivity index (χ3v) is 8.39. The summed E-state index contributed by atoms with van der Waals surface area (Å²) >= 11 is 3.21. The van der Waals surface area contributed by atoms with Crippen molar-refractivity contribution in [2.24, 2.45) is 0 Å². The molecule has 4 heterocycles. The number of nitrogens with one attached hydrogen (secondary N) is 1. The number of hydrogen-bond acceptors (Lipinski definition) is 7. The molecule has 0 aliphatic carbocycles. The number of para-hydroxylation sites is 2. The van der Waals surface area contributed by atoms with Gasteiger partial charge in [-0.1, -0.05) is 37.3 Å². The monoisotopic (exact) mass is 487 g/mol. The molecule has 6 rings (SSSR count). The fraction of sp³-hybridized carbons (Fsp3) is 0.192. The first kappa shape index (κ1) is 21.2. The maximum absolute atomic E-state index is 13.3.